The second-order valence-electron chi connectivity index (χ2n) is 13.1. The van der Waals surface area contributed by atoms with Gasteiger partial charge in [0.05, 0.1) is 17.1 Å². The van der Waals surface area contributed by atoms with Crippen LogP contribution in [0.25, 0.3) is 89.1 Å². The fraction of sp³-hybridized carbons (Fsp3) is 0. The summed E-state index contributed by atoms with van der Waals surface area (Å²) >= 11 is 0. The number of rotatable bonds is 7. The highest BCUT2D eigenvalue weighted by atomic mass is 14.8. The van der Waals surface area contributed by atoms with Gasteiger partial charge in [0.1, 0.15) is 0 Å². The van der Waals surface area contributed by atoms with Crippen LogP contribution < -0.4 is 0 Å². The van der Waals surface area contributed by atoms with E-state index < -0.39 is 0 Å². The van der Waals surface area contributed by atoms with Crippen molar-refractivity contribution in [1.29, 1.82) is 0 Å². The lowest BCUT2D eigenvalue weighted by Crippen LogP contribution is -1.94. The van der Waals surface area contributed by atoms with Crippen molar-refractivity contribution in [3.63, 3.8) is 0 Å². The zero-order chi connectivity index (χ0) is 34.7. The minimum absolute atomic E-state index is 0.857. The summed E-state index contributed by atoms with van der Waals surface area (Å²) in [6.45, 7) is 0. The molecule has 0 saturated carbocycles. The summed E-state index contributed by atoms with van der Waals surface area (Å²) in [5.41, 5.74) is 15.5. The van der Waals surface area contributed by atoms with Crippen molar-refractivity contribution < 1.29 is 0 Å². The molecule has 9 rings (SSSR count). The van der Waals surface area contributed by atoms with Crippen LogP contribution >= 0.6 is 0 Å². The fourth-order valence-electron chi connectivity index (χ4n) is 7.04. The molecule has 0 fully saturated rings. The summed E-state index contributed by atoms with van der Waals surface area (Å²) in [4.78, 5) is 10.1. The monoisotopic (exact) mass is 662 g/mol. The largest absolute Gasteiger partial charge is 0.255 e. The van der Waals surface area contributed by atoms with Crippen LogP contribution in [0.3, 0.4) is 0 Å². The summed E-state index contributed by atoms with van der Waals surface area (Å²) in [7, 11) is 0. The number of hydrogen-bond acceptors (Lipinski definition) is 2. The first kappa shape index (κ1) is 31.1. The fourth-order valence-corrected chi connectivity index (χ4v) is 7.04. The lowest BCUT2D eigenvalue weighted by Gasteiger charge is -2.13. The highest BCUT2D eigenvalue weighted by Gasteiger charge is 2.14. The van der Waals surface area contributed by atoms with Crippen LogP contribution in [-0.2, 0) is 0 Å². The molecule has 2 heterocycles. The normalized spacial score (nSPS) is 11.1. The zero-order valence-corrected chi connectivity index (χ0v) is 28.5. The first-order valence-electron chi connectivity index (χ1n) is 17.6. The van der Waals surface area contributed by atoms with E-state index in [0.29, 0.717) is 0 Å². The SMILES string of the molecule is c1ccc(-c2cc(-c3ccccc3)cc(-c3cccc(-c4cccc(-c5cc6ccccc6c(-c6cc(-c7ccccc7)ccn6)n5)c4)c3)c2)cc1. The standard InChI is InChI=1S/C50H34N2/c1-4-14-35(15-5-1)41-26-27-51-49(33-41)50-47-25-11-10-20-42(47)34-48(52-50)43-24-13-22-39(29-43)38-21-12-23-40(28-38)46-31-44(36-16-6-2-7-17-36)30-45(32-46)37-18-8-3-9-19-37/h1-34H. The molecule has 0 saturated heterocycles. The van der Waals surface area contributed by atoms with E-state index in [4.69, 9.17) is 9.97 Å². The quantitative estimate of drug-likeness (QED) is 0.170. The minimum Gasteiger partial charge on any atom is -0.255 e. The Morgan fingerprint density at radius 2 is 0.692 bits per heavy atom. The first-order valence-corrected chi connectivity index (χ1v) is 17.6. The van der Waals surface area contributed by atoms with Gasteiger partial charge in [-0.05, 0) is 110 Å². The van der Waals surface area contributed by atoms with E-state index >= 15 is 0 Å². The maximum Gasteiger partial charge on any atom is 0.0972 e. The summed E-state index contributed by atoms with van der Waals surface area (Å²) in [6.07, 6.45) is 1.88. The number of fused-ring (bicyclic) bond motifs is 1. The number of nitrogens with zero attached hydrogens (tertiary/aromatic N) is 2. The summed E-state index contributed by atoms with van der Waals surface area (Å²) < 4.78 is 0. The van der Waals surface area contributed by atoms with E-state index in [0.717, 1.165) is 55.7 Å². The van der Waals surface area contributed by atoms with Crippen molar-refractivity contribution in [2.75, 3.05) is 0 Å². The van der Waals surface area contributed by atoms with Crippen molar-refractivity contribution in [3.8, 4) is 78.3 Å². The van der Waals surface area contributed by atoms with Crippen LogP contribution in [0.4, 0.5) is 0 Å². The molecule has 2 heteroatoms. The van der Waals surface area contributed by atoms with Crippen LogP contribution in [0.5, 0.6) is 0 Å². The third kappa shape index (κ3) is 6.30. The third-order valence-electron chi connectivity index (χ3n) is 9.68. The maximum absolute atomic E-state index is 5.29. The molecule has 2 aromatic heterocycles. The zero-order valence-electron chi connectivity index (χ0n) is 28.5. The van der Waals surface area contributed by atoms with Crippen LogP contribution in [0, 0.1) is 0 Å². The lowest BCUT2D eigenvalue weighted by atomic mass is 9.92. The van der Waals surface area contributed by atoms with Gasteiger partial charge in [-0.1, -0.05) is 152 Å². The van der Waals surface area contributed by atoms with Crippen LogP contribution in [0.15, 0.2) is 206 Å². The molecule has 0 bridgehead atoms. The Balaban J connectivity index is 1.12. The van der Waals surface area contributed by atoms with Gasteiger partial charge < -0.3 is 0 Å². The van der Waals surface area contributed by atoms with Crippen LogP contribution in [-0.4, -0.2) is 9.97 Å². The molecule has 244 valence electrons. The van der Waals surface area contributed by atoms with Gasteiger partial charge in [0.15, 0.2) is 0 Å². The van der Waals surface area contributed by atoms with Crippen molar-refractivity contribution in [2.24, 2.45) is 0 Å². The molecule has 0 unspecified atom stereocenters. The average molecular weight is 663 g/mol. The van der Waals surface area contributed by atoms with Gasteiger partial charge in [0.2, 0.25) is 0 Å². The number of hydrogen-bond donors (Lipinski definition) is 0. The molecule has 0 aliphatic rings. The first-order chi connectivity index (χ1) is 25.7. The molecule has 52 heavy (non-hydrogen) atoms. The molecule has 0 amide bonds. The lowest BCUT2D eigenvalue weighted by molar-refractivity contribution is 1.27. The Labute approximate surface area is 304 Å². The average Bonchev–Trinajstić information content (AvgIpc) is 3.24. The van der Waals surface area contributed by atoms with Crippen molar-refractivity contribution in [2.45, 2.75) is 0 Å². The number of benzene rings is 7. The number of pyridine rings is 2. The Bertz CT molecular complexity index is 2610. The summed E-state index contributed by atoms with van der Waals surface area (Å²) in [6, 6.07) is 71.0. The van der Waals surface area contributed by atoms with Gasteiger partial charge in [0, 0.05) is 17.1 Å². The van der Waals surface area contributed by atoms with E-state index in [9.17, 15) is 0 Å². The Hall–Kier alpha value is -6.90. The maximum atomic E-state index is 5.29. The Kier molecular flexibility index (Phi) is 8.24. The van der Waals surface area contributed by atoms with Gasteiger partial charge in [-0.2, -0.15) is 0 Å². The smallest absolute Gasteiger partial charge is 0.0972 e. The van der Waals surface area contributed by atoms with Gasteiger partial charge in [0.25, 0.3) is 0 Å². The molecule has 0 aliphatic heterocycles. The topological polar surface area (TPSA) is 25.8 Å². The van der Waals surface area contributed by atoms with Gasteiger partial charge in [-0.25, -0.2) is 4.98 Å². The van der Waals surface area contributed by atoms with Gasteiger partial charge >= 0.3 is 0 Å². The molecular weight excluding hydrogens is 629 g/mol. The summed E-state index contributed by atoms with van der Waals surface area (Å²) in [5.74, 6) is 0. The third-order valence-corrected chi connectivity index (χ3v) is 9.68. The molecule has 9 aromatic rings. The van der Waals surface area contributed by atoms with Crippen molar-refractivity contribution in [1.82, 2.24) is 9.97 Å². The Morgan fingerprint density at radius 1 is 0.269 bits per heavy atom. The highest BCUT2D eigenvalue weighted by Crippen LogP contribution is 2.36. The van der Waals surface area contributed by atoms with Gasteiger partial charge in [-0.15, -0.1) is 0 Å². The minimum atomic E-state index is 0.857. The summed E-state index contributed by atoms with van der Waals surface area (Å²) in [5, 5.41) is 2.22. The second kappa shape index (κ2) is 13.8. The molecule has 0 radical (unpaired) electrons. The molecular formula is C50H34N2. The van der Waals surface area contributed by atoms with E-state index in [1.165, 1.54) is 33.4 Å². The molecule has 7 aromatic carbocycles. The molecule has 0 spiro atoms. The Morgan fingerprint density at radius 3 is 1.31 bits per heavy atom. The molecule has 0 N–H and O–H groups in total. The van der Waals surface area contributed by atoms with E-state index in [1.807, 2.05) is 12.3 Å². The van der Waals surface area contributed by atoms with Crippen molar-refractivity contribution >= 4 is 10.8 Å². The predicted octanol–water partition coefficient (Wildman–Crippen LogP) is 13.3. The van der Waals surface area contributed by atoms with E-state index in [-0.39, 0.29) is 0 Å². The highest BCUT2D eigenvalue weighted by molar-refractivity contribution is 5.97. The van der Waals surface area contributed by atoms with Gasteiger partial charge in [-0.3, -0.25) is 4.98 Å². The number of aromatic nitrogens is 2. The van der Waals surface area contributed by atoms with Crippen LogP contribution in [0.2, 0.25) is 0 Å². The van der Waals surface area contributed by atoms with E-state index in [2.05, 4.69) is 194 Å². The predicted molar refractivity (Wildman–Crippen MR) is 218 cm³/mol. The van der Waals surface area contributed by atoms with E-state index in [1.54, 1.807) is 0 Å². The molecule has 0 atom stereocenters. The molecule has 2 nitrogen and oxygen atoms in total. The van der Waals surface area contributed by atoms with Crippen LogP contribution in [0.1, 0.15) is 0 Å². The van der Waals surface area contributed by atoms with Crippen molar-refractivity contribution in [3.05, 3.63) is 206 Å². The second-order valence-corrected chi connectivity index (χ2v) is 13.1. The molecule has 0 aliphatic carbocycles.